The Bertz CT molecular complexity index is 908. The van der Waals surface area contributed by atoms with Crippen molar-refractivity contribution in [1.29, 1.82) is 0 Å². The largest absolute Gasteiger partial charge is 0.493 e. The zero-order valence-corrected chi connectivity index (χ0v) is 21.8. The predicted molar refractivity (Wildman–Crippen MR) is 142 cm³/mol. The molecule has 1 heterocycles. The molecule has 1 saturated heterocycles. The van der Waals surface area contributed by atoms with E-state index < -0.39 is 0 Å². The van der Waals surface area contributed by atoms with Gasteiger partial charge in [0.05, 0.1) is 13.7 Å². The highest BCUT2D eigenvalue weighted by Crippen LogP contribution is 2.29. The molecule has 0 radical (unpaired) electrons. The maximum absolute atomic E-state index is 11.3. The number of carbonyl (C=O) groups is 1. The second-order valence-electron chi connectivity index (χ2n) is 8.05. The van der Waals surface area contributed by atoms with Crippen LogP contribution < -0.4 is 20.5 Å². The van der Waals surface area contributed by atoms with Crippen molar-refractivity contribution in [2.45, 2.75) is 39.3 Å². The van der Waals surface area contributed by atoms with E-state index in [4.69, 9.17) is 20.2 Å². The lowest BCUT2D eigenvalue weighted by atomic mass is 9.95. The van der Waals surface area contributed by atoms with Gasteiger partial charge < -0.3 is 25.4 Å². The SMILES string of the molecule is CCNC(=NCc1ccc(OCc2ccccc2)c(OC)c1)N1CCCC(CC(N)=O)C1.I. The van der Waals surface area contributed by atoms with Crippen LogP contribution in [0.1, 0.15) is 37.3 Å². The van der Waals surface area contributed by atoms with Crippen molar-refractivity contribution in [3.05, 3.63) is 59.7 Å². The molecule has 0 aliphatic carbocycles. The van der Waals surface area contributed by atoms with Gasteiger partial charge in [-0.25, -0.2) is 4.99 Å². The van der Waals surface area contributed by atoms with Gasteiger partial charge in [0, 0.05) is 26.1 Å². The number of amides is 1. The quantitative estimate of drug-likeness (QED) is 0.273. The van der Waals surface area contributed by atoms with Crippen molar-refractivity contribution in [1.82, 2.24) is 10.2 Å². The predicted octanol–water partition coefficient (Wildman–Crippen LogP) is 3.95. The van der Waals surface area contributed by atoms with E-state index in [-0.39, 0.29) is 35.8 Å². The number of halogens is 1. The molecule has 8 heteroatoms. The molecule has 1 fully saturated rings. The average Bonchev–Trinajstić information content (AvgIpc) is 2.81. The molecule has 2 aromatic carbocycles. The van der Waals surface area contributed by atoms with E-state index in [0.29, 0.717) is 31.1 Å². The van der Waals surface area contributed by atoms with Gasteiger partial charge in [-0.1, -0.05) is 36.4 Å². The summed E-state index contributed by atoms with van der Waals surface area (Å²) >= 11 is 0. The first-order valence-corrected chi connectivity index (χ1v) is 11.2. The minimum atomic E-state index is -0.236. The minimum Gasteiger partial charge on any atom is -0.493 e. The molecule has 180 valence electrons. The number of nitrogens with one attached hydrogen (secondary N) is 1. The second-order valence-corrected chi connectivity index (χ2v) is 8.05. The van der Waals surface area contributed by atoms with Crippen LogP contribution in [-0.4, -0.2) is 43.5 Å². The molecule has 7 nitrogen and oxygen atoms in total. The number of aliphatic imine (C=N–C) groups is 1. The molecule has 1 aliphatic heterocycles. The number of nitrogens with two attached hydrogens (primary N) is 1. The molecule has 0 saturated carbocycles. The van der Waals surface area contributed by atoms with Crippen LogP contribution in [0.2, 0.25) is 0 Å². The van der Waals surface area contributed by atoms with Crippen LogP contribution in [-0.2, 0) is 17.9 Å². The summed E-state index contributed by atoms with van der Waals surface area (Å²) in [5, 5.41) is 3.38. The van der Waals surface area contributed by atoms with E-state index in [1.807, 2.05) is 48.5 Å². The van der Waals surface area contributed by atoms with Gasteiger partial charge in [0.25, 0.3) is 0 Å². The van der Waals surface area contributed by atoms with Gasteiger partial charge in [-0.05, 0) is 48.9 Å². The van der Waals surface area contributed by atoms with Crippen molar-refractivity contribution >= 4 is 35.8 Å². The third-order valence-electron chi connectivity index (χ3n) is 5.52. The lowest BCUT2D eigenvalue weighted by Crippen LogP contribution is -2.47. The number of primary amides is 1. The zero-order chi connectivity index (χ0) is 22.8. The topological polar surface area (TPSA) is 89.2 Å². The normalized spacial score (nSPS) is 16.0. The molecule has 2 aromatic rings. The van der Waals surface area contributed by atoms with Crippen molar-refractivity contribution in [3.8, 4) is 11.5 Å². The maximum atomic E-state index is 11.3. The lowest BCUT2D eigenvalue weighted by Gasteiger charge is -2.34. The summed E-state index contributed by atoms with van der Waals surface area (Å²) in [6.07, 6.45) is 2.49. The fraction of sp³-hybridized carbons (Fsp3) is 0.440. The summed E-state index contributed by atoms with van der Waals surface area (Å²) in [6.45, 7) is 5.57. The highest BCUT2D eigenvalue weighted by atomic mass is 127. The molecule has 1 aliphatic rings. The second kappa shape index (κ2) is 13.9. The first kappa shape index (κ1) is 26.8. The molecule has 0 spiro atoms. The Labute approximate surface area is 213 Å². The molecule has 1 atom stereocenters. The summed E-state index contributed by atoms with van der Waals surface area (Å²) < 4.78 is 11.5. The first-order valence-electron chi connectivity index (χ1n) is 11.2. The van der Waals surface area contributed by atoms with Gasteiger partial charge in [-0.2, -0.15) is 0 Å². The maximum Gasteiger partial charge on any atom is 0.217 e. The summed E-state index contributed by atoms with van der Waals surface area (Å²) in [6, 6.07) is 16.0. The fourth-order valence-corrected chi connectivity index (χ4v) is 3.97. The zero-order valence-electron chi connectivity index (χ0n) is 19.5. The van der Waals surface area contributed by atoms with Crippen molar-refractivity contribution in [2.24, 2.45) is 16.6 Å². The van der Waals surface area contributed by atoms with Crippen molar-refractivity contribution in [3.63, 3.8) is 0 Å². The van der Waals surface area contributed by atoms with Gasteiger partial charge in [0.15, 0.2) is 17.5 Å². The minimum absolute atomic E-state index is 0. The smallest absolute Gasteiger partial charge is 0.217 e. The molecular weight excluding hydrogens is 531 g/mol. The number of carbonyl (C=O) groups excluding carboxylic acids is 1. The molecule has 1 amide bonds. The molecule has 3 rings (SSSR count). The number of rotatable bonds is 9. The van der Waals surface area contributed by atoms with Gasteiger partial charge in [-0.3, -0.25) is 4.79 Å². The Morgan fingerprint density at radius 3 is 2.67 bits per heavy atom. The standard InChI is InChI=1S/C25H34N4O3.HI/c1-3-27-25(29-13-7-10-21(17-29)15-24(26)30)28-16-20-11-12-22(23(14-20)31-2)32-18-19-8-5-4-6-9-19;/h4-6,8-9,11-12,14,21H,3,7,10,13,15-18H2,1-2H3,(H2,26,30)(H,27,28);1H. The number of ether oxygens (including phenoxy) is 2. The summed E-state index contributed by atoms with van der Waals surface area (Å²) in [5.74, 6) is 2.32. The lowest BCUT2D eigenvalue weighted by molar-refractivity contribution is -0.119. The number of hydrogen-bond acceptors (Lipinski definition) is 4. The van der Waals surface area contributed by atoms with Gasteiger partial charge in [0.2, 0.25) is 5.91 Å². The van der Waals surface area contributed by atoms with Crippen LogP contribution in [0, 0.1) is 5.92 Å². The average molecular weight is 566 g/mol. The number of benzene rings is 2. The Morgan fingerprint density at radius 2 is 1.97 bits per heavy atom. The van der Waals surface area contributed by atoms with E-state index in [1.165, 1.54) is 0 Å². The van der Waals surface area contributed by atoms with Gasteiger partial charge in [0.1, 0.15) is 6.61 Å². The molecular formula is C25H35IN4O3. The Hall–Kier alpha value is -2.49. The van der Waals surface area contributed by atoms with E-state index in [9.17, 15) is 4.79 Å². The van der Waals surface area contributed by atoms with E-state index in [2.05, 4.69) is 17.1 Å². The molecule has 0 bridgehead atoms. The number of guanidine groups is 1. The molecule has 33 heavy (non-hydrogen) atoms. The highest BCUT2D eigenvalue weighted by Gasteiger charge is 2.23. The fourth-order valence-electron chi connectivity index (χ4n) is 3.97. The number of likely N-dealkylation sites (tertiary alicyclic amines) is 1. The van der Waals surface area contributed by atoms with E-state index in [0.717, 1.165) is 49.6 Å². The number of piperidine rings is 1. The summed E-state index contributed by atoms with van der Waals surface area (Å²) in [4.78, 5) is 18.4. The van der Waals surface area contributed by atoms with Crippen molar-refractivity contribution < 1.29 is 14.3 Å². The Kier molecular flexibility index (Phi) is 11.3. The molecule has 0 aromatic heterocycles. The number of nitrogens with zero attached hydrogens (tertiary/aromatic N) is 2. The van der Waals surface area contributed by atoms with Crippen LogP contribution in [0.5, 0.6) is 11.5 Å². The highest BCUT2D eigenvalue weighted by molar-refractivity contribution is 14.0. The summed E-state index contributed by atoms with van der Waals surface area (Å²) in [7, 11) is 1.65. The monoisotopic (exact) mass is 566 g/mol. The van der Waals surface area contributed by atoms with Crippen molar-refractivity contribution in [2.75, 3.05) is 26.7 Å². The molecule has 1 unspecified atom stereocenters. The first-order chi connectivity index (χ1) is 15.6. The van der Waals surface area contributed by atoms with E-state index in [1.54, 1.807) is 7.11 Å². The van der Waals surface area contributed by atoms with E-state index >= 15 is 0 Å². The third kappa shape index (κ3) is 8.42. The van der Waals surface area contributed by atoms with Crippen LogP contribution in [0.3, 0.4) is 0 Å². The van der Waals surface area contributed by atoms with Crippen LogP contribution >= 0.6 is 24.0 Å². The number of hydrogen-bond donors (Lipinski definition) is 2. The van der Waals surface area contributed by atoms with Gasteiger partial charge >= 0.3 is 0 Å². The molecule has 3 N–H and O–H groups in total. The third-order valence-corrected chi connectivity index (χ3v) is 5.52. The Morgan fingerprint density at radius 1 is 1.18 bits per heavy atom. The summed E-state index contributed by atoms with van der Waals surface area (Å²) in [5.41, 5.74) is 7.55. The number of methoxy groups -OCH3 is 1. The van der Waals surface area contributed by atoms with Crippen LogP contribution in [0.15, 0.2) is 53.5 Å². The van der Waals surface area contributed by atoms with Crippen LogP contribution in [0.4, 0.5) is 0 Å². The van der Waals surface area contributed by atoms with Gasteiger partial charge in [-0.15, -0.1) is 24.0 Å². The Balaban J connectivity index is 0.00000385. The van der Waals surface area contributed by atoms with Crippen LogP contribution in [0.25, 0.3) is 0 Å².